The normalized spacial score (nSPS) is 13.2. The predicted molar refractivity (Wildman–Crippen MR) is 25.4 cm³/mol. The summed E-state index contributed by atoms with van der Waals surface area (Å²) in [5.41, 5.74) is 0. The Balaban J connectivity index is 2.83. The minimum absolute atomic E-state index is 0.237. The first-order chi connectivity index (χ1) is 2.27. The summed E-state index contributed by atoms with van der Waals surface area (Å²) in [6.07, 6.45) is 0. The van der Waals surface area contributed by atoms with E-state index in [0.717, 1.165) is 0 Å². The number of hydrogen-bond acceptors (Lipinski definition) is 1. The molecular formula is CHBFIO. The number of alkyl halides is 2. The average molecular weight is 186 g/mol. The molecule has 0 N–H and O–H groups in total. The van der Waals surface area contributed by atoms with Crippen molar-refractivity contribution < 1.29 is 9.10 Å². The van der Waals surface area contributed by atoms with Crippen LogP contribution in [-0.4, -0.2) is 11.2 Å². The summed E-state index contributed by atoms with van der Waals surface area (Å²) >= 11 is 1.37. The second kappa shape index (κ2) is 2.75. The summed E-state index contributed by atoms with van der Waals surface area (Å²) in [5.74, 6) is 0. The molecule has 0 aliphatic heterocycles. The molecule has 0 aromatic carbocycles. The van der Waals surface area contributed by atoms with Gasteiger partial charge in [-0.15, -0.1) is 0 Å². The van der Waals surface area contributed by atoms with Crippen LogP contribution >= 0.6 is 22.6 Å². The van der Waals surface area contributed by atoms with E-state index < -0.39 is 4.08 Å². The molecule has 0 bridgehead atoms. The van der Waals surface area contributed by atoms with Gasteiger partial charge in [-0.3, -0.25) is 0 Å². The molecule has 5 heavy (non-hydrogen) atoms. The predicted octanol–water partition coefficient (Wildman–Crippen LogP) is 0.724. The fraction of sp³-hybridized carbons (Fsp3) is 1.00. The zero-order valence-electron chi connectivity index (χ0n) is 2.32. The SMILES string of the molecule is O=BC(F)I. The molecule has 1 nitrogen and oxygen atoms in total. The van der Waals surface area contributed by atoms with Crippen molar-refractivity contribution in [1.82, 2.24) is 0 Å². The van der Waals surface area contributed by atoms with Crippen molar-refractivity contribution in [3.63, 3.8) is 0 Å². The third-order valence-electron chi connectivity index (χ3n) is 0.103. The summed E-state index contributed by atoms with van der Waals surface area (Å²) in [7, 11) is 0.237. The van der Waals surface area contributed by atoms with Crippen LogP contribution in [0.25, 0.3) is 0 Å². The molecule has 4 heteroatoms. The number of halogens is 2. The van der Waals surface area contributed by atoms with Crippen molar-refractivity contribution in [1.29, 1.82) is 0 Å². The van der Waals surface area contributed by atoms with Gasteiger partial charge < -0.3 is 0 Å². The van der Waals surface area contributed by atoms with Gasteiger partial charge in [-0.25, -0.2) is 0 Å². The van der Waals surface area contributed by atoms with Gasteiger partial charge in [0.1, 0.15) is 0 Å². The van der Waals surface area contributed by atoms with Crippen LogP contribution in [-0.2, 0) is 4.70 Å². The monoisotopic (exact) mass is 186 g/mol. The van der Waals surface area contributed by atoms with Gasteiger partial charge >= 0.3 is 42.9 Å². The van der Waals surface area contributed by atoms with E-state index in [0.29, 0.717) is 0 Å². The molecule has 0 aromatic rings. The molecule has 0 saturated carbocycles. The Morgan fingerprint density at radius 3 is 2.20 bits per heavy atom. The van der Waals surface area contributed by atoms with Crippen molar-refractivity contribution in [2.45, 2.75) is 4.08 Å². The molecule has 0 spiro atoms. The van der Waals surface area contributed by atoms with Gasteiger partial charge in [0.2, 0.25) is 0 Å². The van der Waals surface area contributed by atoms with Crippen molar-refractivity contribution in [2.24, 2.45) is 0 Å². The van der Waals surface area contributed by atoms with E-state index in [1.807, 2.05) is 0 Å². The first-order valence-electron chi connectivity index (χ1n) is 1.01. The Hall–Kier alpha value is 0.525. The first kappa shape index (κ1) is 5.52. The third-order valence-corrected chi connectivity index (χ3v) is 0.396. The van der Waals surface area contributed by atoms with Crippen LogP contribution in [0.2, 0.25) is 0 Å². The van der Waals surface area contributed by atoms with Crippen LogP contribution in [0.1, 0.15) is 0 Å². The van der Waals surface area contributed by atoms with Crippen LogP contribution < -0.4 is 0 Å². The maximum absolute atomic E-state index is 11.0. The fourth-order valence-corrected chi connectivity index (χ4v) is 0. The molecule has 0 radical (unpaired) electrons. The molecule has 0 amide bonds. The molecule has 0 fully saturated rings. The Labute approximate surface area is 43.3 Å². The van der Waals surface area contributed by atoms with E-state index in [9.17, 15) is 4.39 Å². The Bertz CT molecular complexity index is 38.6. The van der Waals surface area contributed by atoms with E-state index in [4.69, 9.17) is 4.70 Å². The number of rotatable bonds is 1. The van der Waals surface area contributed by atoms with Crippen LogP contribution in [0.15, 0.2) is 0 Å². The minimum atomic E-state index is -1.33. The summed E-state index contributed by atoms with van der Waals surface area (Å²) in [6.45, 7) is 0. The van der Waals surface area contributed by atoms with Gasteiger partial charge in [-0.2, -0.15) is 0 Å². The van der Waals surface area contributed by atoms with Crippen molar-refractivity contribution in [3.05, 3.63) is 0 Å². The summed E-state index contributed by atoms with van der Waals surface area (Å²) in [4.78, 5) is 0. The van der Waals surface area contributed by atoms with Gasteiger partial charge in [0.25, 0.3) is 0 Å². The molecule has 0 saturated heterocycles. The van der Waals surface area contributed by atoms with Crippen molar-refractivity contribution in [2.75, 3.05) is 0 Å². The second-order valence-corrected chi connectivity index (χ2v) is 1.66. The fourth-order valence-electron chi connectivity index (χ4n) is 0. The quantitative estimate of drug-likeness (QED) is 0.335. The van der Waals surface area contributed by atoms with Gasteiger partial charge in [0, 0.05) is 0 Å². The molecule has 0 aliphatic carbocycles. The van der Waals surface area contributed by atoms with Gasteiger partial charge in [0.15, 0.2) is 0 Å². The maximum atomic E-state index is 11.0. The van der Waals surface area contributed by atoms with Crippen molar-refractivity contribution >= 4 is 29.7 Å². The summed E-state index contributed by atoms with van der Waals surface area (Å²) in [6, 6.07) is 0. The zero-order valence-corrected chi connectivity index (χ0v) is 4.48. The van der Waals surface area contributed by atoms with E-state index in [1.54, 1.807) is 0 Å². The Morgan fingerprint density at radius 1 is 2.00 bits per heavy atom. The number of hydrogen-bond donors (Lipinski definition) is 0. The van der Waals surface area contributed by atoms with Gasteiger partial charge in [-0.05, 0) is 0 Å². The van der Waals surface area contributed by atoms with Crippen LogP contribution in [0.4, 0.5) is 4.39 Å². The van der Waals surface area contributed by atoms with Gasteiger partial charge in [-0.1, -0.05) is 0 Å². The van der Waals surface area contributed by atoms with Crippen LogP contribution in [0.3, 0.4) is 0 Å². The molecule has 0 aliphatic rings. The zero-order chi connectivity index (χ0) is 4.28. The molecule has 28 valence electrons. The Morgan fingerprint density at radius 2 is 2.20 bits per heavy atom. The van der Waals surface area contributed by atoms with Gasteiger partial charge in [0.05, 0.1) is 0 Å². The molecule has 1 unspecified atom stereocenters. The molecular weight excluding hydrogens is 185 g/mol. The second-order valence-electron chi connectivity index (χ2n) is 0.471. The average Bonchev–Trinajstić information content (AvgIpc) is 1.38. The third kappa shape index (κ3) is 4.52. The molecule has 0 aromatic heterocycles. The summed E-state index contributed by atoms with van der Waals surface area (Å²) in [5, 5.41) is 0. The van der Waals surface area contributed by atoms with E-state index in [1.165, 1.54) is 22.6 Å². The Kier molecular flexibility index (Phi) is 3.03. The van der Waals surface area contributed by atoms with Crippen molar-refractivity contribution in [3.8, 4) is 0 Å². The standard InChI is InChI=1S/CHBFIO/c3-1(4)2-5/h1H. The van der Waals surface area contributed by atoms with Crippen LogP contribution in [0, 0.1) is 0 Å². The molecule has 1 atom stereocenters. The topological polar surface area (TPSA) is 17.1 Å². The molecule has 0 rings (SSSR count). The van der Waals surface area contributed by atoms with E-state index >= 15 is 0 Å². The first-order valence-corrected chi connectivity index (χ1v) is 2.25. The summed E-state index contributed by atoms with van der Waals surface area (Å²) < 4.78 is 18.8. The van der Waals surface area contributed by atoms with E-state index in [-0.39, 0.29) is 7.15 Å². The molecule has 0 heterocycles. The van der Waals surface area contributed by atoms with Crippen LogP contribution in [0.5, 0.6) is 0 Å². The van der Waals surface area contributed by atoms with E-state index in [2.05, 4.69) is 0 Å².